The van der Waals surface area contributed by atoms with Crippen molar-refractivity contribution >= 4 is 15.9 Å². The maximum Gasteiger partial charge on any atom is 0.251 e. The minimum Gasteiger partial charge on any atom is -0.493 e. The number of sulfonamides is 1. The van der Waals surface area contributed by atoms with Crippen molar-refractivity contribution in [1.82, 2.24) is 9.62 Å². The molecule has 0 radical (unpaired) electrons. The normalized spacial score (nSPS) is 18.2. The predicted octanol–water partition coefficient (Wildman–Crippen LogP) is 3.69. The summed E-state index contributed by atoms with van der Waals surface area (Å²) in [6.07, 6.45) is 1.34. The molecular weight excluding hydrogens is 424 g/mol. The molecule has 5 rings (SSSR count). The summed E-state index contributed by atoms with van der Waals surface area (Å²) in [5.74, 6) is 0.471. The maximum absolute atomic E-state index is 13.3. The fourth-order valence-electron chi connectivity index (χ4n) is 4.36. The number of carbonyl (C=O) groups is 1. The molecule has 2 aliphatic rings. The van der Waals surface area contributed by atoms with Gasteiger partial charge in [0.25, 0.3) is 5.91 Å². The standard InChI is InChI=1S/C25H24N2O4S/c28-25(26-23-13-15-31-24-11-4-3-10-22(23)24)19-8-5-9-21(16-19)32(29,30)27-14-12-18-6-1-2-7-20(18)17-27/h1-11,16,23H,12-15,17H2,(H,26,28)/t23-/m0/s1. The molecule has 7 heteroatoms. The van der Waals surface area contributed by atoms with Crippen LogP contribution in [0.4, 0.5) is 0 Å². The Morgan fingerprint density at radius 3 is 2.62 bits per heavy atom. The monoisotopic (exact) mass is 448 g/mol. The molecule has 1 N–H and O–H groups in total. The first-order valence-electron chi connectivity index (χ1n) is 10.7. The van der Waals surface area contributed by atoms with E-state index in [1.54, 1.807) is 18.2 Å². The van der Waals surface area contributed by atoms with Gasteiger partial charge in [-0.1, -0.05) is 48.5 Å². The Morgan fingerprint density at radius 2 is 1.75 bits per heavy atom. The van der Waals surface area contributed by atoms with E-state index in [-0.39, 0.29) is 16.8 Å². The summed E-state index contributed by atoms with van der Waals surface area (Å²) in [5, 5.41) is 3.04. The first-order chi connectivity index (χ1) is 15.5. The Balaban J connectivity index is 1.36. The highest BCUT2D eigenvalue weighted by molar-refractivity contribution is 7.89. The molecule has 0 bridgehead atoms. The molecule has 3 aromatic rings. The molecule has 3 aromatic carbocycles. The lowest BCUT2D eigenvalue weighted by Gasteiger charge is -2.28. The molecule has 164 valence electrons. The van der Waals surface area contributed by atoms with Gasteiger partial charge in [-0.25, -0.2) is 8.42 Å². The molecule has 32 heavy (non-hydrogen) atoms. The van der Waals surface area contributed by atoms with Crippen molar-refractivity contribution < 1.29 is 17.9 Å². The Bertz CT molecular complexity index is 1270. The number of nitrogens with zero attached hydrogens (tertiary/aromatic N) is 1. The van der Waals surface area contributed by atoms with Gasteiger partial charge >= 0.3 is 0 Å². The Morgan fingerprint density at radius 1 is 0.969 bits per heavy atom. The van der Waals surface area contributed by atoms with Crippen LogP contribution in [-0.4, -0.2) is 31.8 Å². The summed E-state index contributed by atoms with van der Waals surface area (Å²) in [6.45, 7) is 1.29. The molecule has 1 amide bonds. The average Bonchev–Trinajstić information content (AvgIpc) is 2.84. The quantitative estimate of drug-likeness (QED) is 0.661. The number of carbonyl (C=O) groups excluding carboxylic acids is 1. The number of hydrogen-bond donors (Lipinski definition) is 1. The maximum atomic E-state index is 13.3. The van der Waals surface area contributed by atoms with Crippen molar-refractivity contribution in [1.29, 1.82) is 0 Å². The van der Waals surface area contributed by atoms with E-state index >= 15 is 0 Å². The first-order valence-corrected chi connectivity index (χ1v) is 12.2. The van der Waals surface area contributed by atoms with Crippen molar-refractivity contribution in [2.24, 2.45) is 0 Å². The number of benzene rings is 3. The minimum absolute atomic E-state index is 0.136. The van der Waals surface area contributed by atoms with Gasteiger partial charge < -0.3 is 10.1 Å². The van der Waals surface area contributed by atoms with E-state index in [2.05, 4.69) is 5.32 Å². The fourth-order valence-corrected chi connectivity index (χ4v) is 5.82. The third-order valence-corrected chi connectivity index (χ3v) is 7.93. The van der Waals surface area contributed by atoms with E-state index in [0.29, 0.717) is 38.1 Å². The van der Waals surface area contributed by atoms with Crippen LogP contribution in [0.5, 0.6) is 5.75 Å². The molecule has 0 saturated heterocycles. The fraction of sp³-hybridized carbons (Fsp3) is 0.240. The molecule has 0 fully saturated rings. The molecule has 0 spiro atoms. The van der Waals surface area contributed by atoms with Crippen LogP contribution in [0.1, 0.15) is 39.5 Å². The summed E-state index contributed by atoms with van der Waals surface area (Å²) in [6, 6.07) is 21.7. The topological polar surface area (TPSA) is 75.7 Å². The van der Waals surface area contributed by atoms with Gasteiger partial charge in [-0.3, -0.25) is 4.79 Å². The van der Waals surface area contributed by atoms with Gasteiger partial charge in [-0.05, 0) is 41.8 Å². The van der Waals surface area contributed by atoms with E-state index in [4.69, 9.17) is 4.74 Å². The van der Waals surface area contributed by atoms with E-state index in [9.17, 15) is 13.2 Å². The van der Waals surface area contributed by atoms with E-state index in [0.717, 1.165) is 16.9 Å². The Labute approximate surface area is 187 Å². The number of rotatable bonds is 4. The van der Waals surface area contributed by atoms with Crippen LogP contribution < -0.4 is 10.1 Å². The largest absolute Gasteiger partial charge is 0.493 e. The van der Waals surface area contributed by atoms with Gasteiger partial charge in [0.2, 0.25) is 10.0 Å². The van der Waals surface area contributed by atoms with Crippen LogP contribution >= 0.6 is 0 Å². The van der Waals surface area contributed by atoms with Crippen molar-refractivity contribution in [3.05, 3.63) is 95.1 Å². The summed E-state index contributed by atoms with van der Waals surface area (Å²) >= 11 is 0. The van der Waals surface area contributed by atoms with Crippen LogP contribution in [0.2, 0.25) is 0 Å². The molecule has 2 heterocycles. The van der Waals surface area contributed by atoms with Gasteiger partial charge in [-0.15, -0.1) is 0 Å². The molecule has 0 aromatic heterocycles. The lowest BCUT2D eigenvalue weighted by Crippen LogP contribution is -2.36. The van der Waals surface area contributed by atoms with Crippen LogP contribution in [0, 0.1) is 0 Å². The van der Waals surface area contributed by atoms with Crippen LogP contribution in [0.25, 0.3) is 0 Å². The molecule has 0 saturated carbocycles. The highest BCUT2D eigenvalue weighted by Crippen LogP contribution is 2.32. The summed E-state index contributed by atoms with van der Waals surface area (Å²) in [4.78, 5) is 13.1. The van der Waals surface area contributed by atoms with Crippen molar-refractivity contribution in [3.63, 3.8) is 0 Å². The van der Waals surface area contributed by atoms with Crippen molar-refractivity contribution in [3.8, 4) is 5.75 Å². The zero-order valence-electron chi connectivity index (χ0n) is 17.5. The molecule has 6 nitrogen and oxygen atoms in total. The minimum atomic E-state index is -3.71. The smallest absolute Gasteiger partial charge is 0.251 e. The Hall–Kier alpha value is -3.16. The zero-order valence-corrected chi connectivity index (χ0v) is 18.3. The van der Waals surface area contributed by atoms with Gasteiger partial charge in [0, 0.05) is 30.6 Å². The summed E-state index contributed by atoms with van der Waals surface area (Å²) in [5.41, 5.74) is 3.47. The number of amides is 1. The third kappa shape index (κ3) is 3.89. The highest BCUT2D eigenvalue weighted by Gasteiger charge is 2.29. The number of hydrogen-bond acceptors (Lipinski definition) is 4. The number of fused-ring (bicyclic) bond motifs is 2. The molecule has 0 unspecified atom stereocenters. The predicted molar refractivity (Wildman–Crippen MR) is 121 cm³/mol. The van der Waals surface area contributed by atoms with E-state index in [1.807, 2.05) is 48.5 Å². The number of nitrogens with one attached hydrogen (secondary N) is 1. The number of para-hydroxylation sites is 1. The van der Waals surface area contributed by atoms with Gasteiger partial charge in [0.05, 0.1) is 17.5 Å². The highest BCUT2D eigenvalue weighted by atomic mass is 32.2. The zero-order chi connectivity index (χ0) is 22.1. The molecule has 0 aliphatic carbocycles. The summed E-state index contributed by atoms with van der Waals surface area (Å²) in [7, 11) is -3.71. The van der Waals surface area contributed by atoms with E-state index in [1.165, 1.54) is 15.9 Å². The number of ether oxygens (including phenoxy) is 1. The lowest BCUT2D eigenvalue weighted by atomic mass is 10.00. The van der Waals surface area contributed by atoms with Gasteiger partial charge in [-0.2, -0.15) is 4.31 Å². The second-order valence-electron chi connectivity index (χ2n) is 8.09. The SMILES string of the molecule is O=C(N[C@H]1CCOc2ccccc21)c1cccc(S(=O)(=O)N2CCc3ccccc3C2)c1. The van der Waals surface area contributed by atoms with Crippen molar-refractivity contribution in [2.45, 2.75) is 30.3 Å². The molecular formula is C25H24N2O4S. The van der Waals surface area contributed by atoms with E-state index < -0.39 is 10.0 Å². The molecule has 1 atom stereocenters. The van der Waals surface area contributed by atoms with Gasteiger partial charge in [0.15, 0.2) is 0 Å². The lowest BCUT2D eigenvalue weighted by molar-refractivity contribution is 0.0924. The second kappa shape index (κ2) is 8.41. The average molecular weight is 449 g/mol. The first kappa shape index (κ1) is 20.7. The van der Waals surface area contributed by atoms with Crippen LogP contribution in [-0.2, 0) is 23.0 Å². The second-order valence-corrected chi connectivity index (χ2v) is 10.0. The third-order valence-electron chi connectivity index (χ3n) is 6.09. The molecule has 2 aliphatic heterocycles. The van der Waals surface area contributed by atoms with Gasteiger partial charge in [0.1, 0.15) is 5.75 Å². The van der Waals surface area contributed by atoms with Crippen molar-refractivity contribution in [2.75, 3.05) is 13.2 Å². The van der Waals surface area contributed by atoms with Crippen LogP contribution in [0.15, 0.2) is 77.7 Å². The Kier molecular flexibility index (Phi) is 5.45. The van der Waals surface area contributed by atoms with Crippen LogP contribution in [0.3, 0.4) is 0 Å². The summed E-state index contributed by atoms with van der Waals surface area (Å²) < 4.78 is 33.8.